The first-order chi connectivity index (χ1) is 8.66. The van der Waals surface area contributed by atoms with Crippen LogP contribution >= 0.6 is 11.3 Å². The molecule has 2 nitrogen and oxygen atoms in total. The Morgan fingerprint density at radius 2 is 1.89 bits per heavy atom. The van der Waals surface area contributed by atoms with E-state index in [0.29, 0.717) is 6.42 Å². The Morgan fingerprint density at radius 3 is 2.44 bits per heavy atom. The van der Waals surface area contributed by atoms with Gasteiger partial charge in [-0.05, 0) is 53.1 Å². The van der Waals surface area contributed by atoms with Crippen LogP contribution in [0.2, 0.25) is 0 Å². The van der Waals surface area contributed by atoms with E-state index in [2.05, 4.69) is 11.4 Å². The van der Waals surface area contributed by atoms with Crippen LogP contribution in [0.3, 0.4) is 0 Å². The molecule has 0 atom stereocenters. The van der Waals surface area contributed by atoms with E-state index < -0.39 is 0 Å². The number of aryl methyl sites for hydroxylation is 1. The minimum Gasteiger partial charge on any atom is -0.378 e. The predicted octanol–water partition coefficient (Wildman–Crippen LogP) is 3.63. The average molecular weight is 259 g/mol. The molecule has 1 heterocycles. The summed E-state index contributed by atoms with van der Waals surface area (Å²) >= 11 is 1.68. The monoisotopic (exact) mass is 259 g/mol. The van der Waals surface area contributed by atoms with E-state index in [-0.39, 0.29) is 5.78 Å². The highest BCUT2D eigenvalue weighted by Gasteiger charge is 2.06. The first-order valence-electron chi connectivity index (χ1n) is 5.98. The van der Waals surface area contributed by atoms with Crippen LogP contribution in [-0.4, -0.2) is 19.9 Å². The summed E-state index contributed by atoms with van der Waals surface area (Å²) in [5.74, 6) is 0.214. The second-order valence-electron chi connectivity index (χ2n) is 4.50. The molecule has 0 amide bonds. The van der Waals surface area contributed by atoms with E-state index in [1.165, 1.54) is 5.56 Å². The third-order valence-corrected chi connectivity index (χ3v) is 3.66. The number of hydrogen-bond donors (Lipinski definition) is 0. The molecule has 0 aliphatic carbocycles. The van der Waals surface area contributed by atoms with Gasteiger partial charge >= 0.3 is 0 Å². The number of thiophene rings is 1. The number of hydrogen-bond acceptors (Lipinski definition) is 3. The van der Waals surface area contributed by atoms with Gasteiger partial charge in [0.1, 0.15) is 0 Å². The summed E-state index contributed by atoms with van der Waals surface area (Å²) in [6, 6.07) is 9.86. The predicted molar refractivity (Wildman–Crippen MR) is 77.7 cm³/mol. The van der Waals surface area contributed by atoms with Gasteiger partial charge in [0.25, 0.3) is 0 Å². The fourth-order valence-corrected chi connectivity index (χ4v) is 2.49. The molecule has 1 aromatic heterocycles. The lowest BCUT2D eigenvalue weighted by atomic mass is 10.0. The van der Waals surface area contributed by atoms with Crippen LogP contribution < -0.4 is 4.90 Å². The molecule has 0 N–H and O–H groups in total. The number of carbonyl (C=O) groups excluding carboxylic acids is 1. The molecule has 0 aliphatic rings. The Morgan fingerprint density at radius 1 is 1.17 bits per heavy atom. The fraction of sp³-hybridized carbons (Fsp3) is 0.267. The minimum atomic E-state index is 0.214. The van der Waals surface area contributed by atoms with Crippen LogP contribution in [0.15, 0.2) is 41.1 Å². The highest BCUT2D eigenvalue weighted by molar-refractivity contribution is 7.07. The molecule has 2 rings (SSSR count). The first-order valence-corrected chi connectivity index (χ1v) is 6.93. The van der Waals surface area contributed by atoms with Gasteiger partial charge in [0.05, 0.1) is 0 Å². The smallest absolute Gasteiger partial charge is 0.163 e. The summed E-state index contributed by atoms with van der Waals surface area (Å²) in [6.45, 7) is 0. The molecule has 0 aliphatic heterocycles. The Balaban J connectivity index is 1.96. The van der Waals surface area contributed by atoms with Crippen LogP contribution in [0.1, 0.15) is 22.3 Å². The second kappa shape index (κ2) is 5.83. The van der Waals surface area contributed by atoms with Crippen LogP contribution in [0.25, 0.3) is 0 Å². The normalized spacial score (nSPS) is 10.3. The highest BCUT2D eigenvalue weighted by atomic mass is 32.1. The maximum Gasteiger partial charge on any atom is 0.163 e. The number of anilines is 1. The molecule has 0 saturated heterocycles. The summed E-state index contributed by atoms with van der Waals surface area (Å²) in [7, 11) is 3.99. The molecule has 0 saturated carbocycles. The van der Waals surface area contributed by atoms with E-state index in [9.17, 15) is 4.79 Å². The molecule has 0 fully saturated rings. The number of carbonyl (C=O) groups is 1. The van der Waals surface area contributed by atoms with Crippen LogP contribution in [0.5, 0.6) is 0 Å². The molecule has 0 bridgehead atoms. The van der Waals surface area contributed by atoms with Crippen molar-refractivity contribution in [1.29, 1.82) is 0 Å². The molecule has 1 aromatic carbocycles. The molecule has 0 radical (unpaired) electrons. The fourth-order valence-electron chi connectivity index (χ4n) is 1.78. The van der Waals surface area contributed by atoms with Crippen molar-refractivity contribution in [1.82, 2.24) is 0 Å². The SMILES string of the molecule is CN(C)c1ccc(C(=O)CCc2ccsc2)cc1. The van der Waals surface area contributed by atoms with Gasteiger partial charge < -0.3 is 4.90 Å². The third kappa shape index (κ3) is 3.20. The van der Waals surface area contributed by atoms with Crippen molar-refractivity contribution in [3.63, 3.8) is 0 Å². The van der Waals surface area contributed by atoms with E-state index >= 15 is 0 Å². The van der Waals surface area contributed by atoms with Gasteiger partial charge in [-0.1, -0.05) is 0 Å². The zero-order valence-corrected chi connectivity index (χ0v) is 11.5. The van der Waals surface area contributed by atoms with Gasteiger partial charge in [-0.2, -0.15) is 11.3 Å². The zero-order valence-electron chi connectivity index (χ0n) is 10.7. The van der Waals surface area contributed by atoms with Crippen LogP contribution in [0.4, 0.5) is 5.69 Å². The van der Waals surface area contributed by atoms with Crippen molar-refractivity contribution in [2.45, 2.75) is 12.8 Å². The topological polar surface area (TPSA) is 20.3 Å². The molecule has 94 valence electrons. The van der Waals surface area contributed by atoms with Gasteiger partial charge in [0, 0.05) is 31.8 Å². The maximum absolute atomic E-state index is 12.0. The number of rotatable bonds is 5. The zero-order chi connectivity index (χ0) is 13.0. The van der Waals surface area contributed by atoms with E-state index in [4.69, 9.17) is 0 Å². The van der Waals surface area contributed by atoms with Crippen LogP contribution in [0, 0.1) is 0 Å². The van der Waals surface area contributed by atoms with Crippen molar-refractivity contribution in [3.05, 3.63) is 52.2 Å². The van der Waals surface area contributed by atoms with Gasteiger partial charge in [-0.25, -0.2) is 0 Å². The van der Waals surface area contributed by atoms with Crippen molar-refractivity contribution < 1.29 is 4.79 Å². The summed E-state index contributed by atoms with van der Waals surface area (Å²) in [6.07, 6.45) is 1.41. The number of nitrogens with zero attached hydrogens (tertiary/aromatic N) is 1. The first kappa shape index (κ1) is 12.8. The standard InChI is InChI=1S/C15H17NOS/c1-16(2)14-6-4-13(5-7-14)15(17)8-3-12-9-10-18-11-12/h4-7,9-11H,3,8H2,1-2H3. The molecule has 2 aromatic rings. The molecule has 0 unspecified atom stereocenters. The Kier molecular flexibility index (Phi) is 4.15. The molecule has 18 heavy (non-hydrogen) atoms. The van der Waals surface area contributed by atoms with Crippen LogP contribution in [-0.2, 0) is 6.42 Å². The lowest BCUT2D eigenvalue weighted by molar-refractivity contribution is 0.0983. The largest absolute Gasteiger partial charge is 0.378 e. The van der Waals surface area contributed by atoms with Crippen molar-refractivity contribution in [2.75, 3.05) is 19.0 Å². The van der Waals surface area contributed by atoms with Gasteiger partial charge in [0.2, 0.25) is 0 Å². The van der Waals surface area contributed by atoms with E-state index in [1.807, 2.05) is 48.6 Å². The second-order valence-corrected chi connectivity index (χ2v) is 5.28. The quantitative estimate of drug-likeness (QED) is 0.764. The van der Waals surface area contributed by atoms with Gasteiger partial charge in [-0.15, -0.1) is 0 Å². The summed E-state index contributed by atoms with van der Waals surface area (Å²) < 4.78 is 0. The average Bonchev–Trinajstić information content (AvgIpc) is 2.89. The number of ketones is 1. The van der Waals surface area contributed by atoms with Gasteiger partial charge in [-0.3, -0.25) is 4.79 Å². The summed E-state index contributed by atoms with van der Waals surface area (Å²) in [4.78, 5) is 14.0. The third-order valence-electron chi connectivity index (χ3n) is 2.93. The van der Waals surface area contributed by atoms with Crippen molar-refractivity contribution in [3.8, 4) is 0 Å². The lowest BCUT2D eigenvalue weighted by Gasteiger charge is -2.12. The van der Waals surface area contributed by atoms with Crippen molar-refractivity contribution >= 4 is 22.8 Å². The Bertz CT molecular complexity index is 500. The highest BCUT2D eigenvalue weighted by Crippen LogP contribution is 2.15. The Labute approximate surface area is 112 Å². The molecular weight excluding hydrogens is 242 g/mol. The van der Waals surface area contributed by atoms with Gasteiger partial charge in [0.15, 0.2) is 5.78 Å². The molecule has 0 spiro atoms. The number of Topliss-reactive ketones (excluding diaryl/α,β-unsaturated/α-hetero) is 1. The van der Waals surface area contributed by atoms with E-state index in [1.54, 1.807) is 11.3 Å². The molecule has 3 heteroatoms. The Hall–Kier alpha value is -1.61. The minimum absolute atomic E-state index is 0.214. The molecular formula is C15H17NOS. The van der Waals surface area contributed by atoms with Crippen molar-refractivity contribution in [2.24, 2.45) is 0 Å². The summed E-state index contributed by atoms with van der Waals surface area (Å²) in [5.41, 5.74) is 3.17. The maximum atomic E-state index is 12.0. The summed E-state index contributed by atoms with van der Waals surface area (Å²) in [5, 5.41) is 4.15. The van der Waals surface area contributed by atoms with E-state index in [0.717, 1.165) is 17.7 Å². The lowest BCUT2D eigenvalue weighted by Crippen LogP contribution is -2.09. The number of benzene rings is 1.